The summed E-state index contributed by atoms with van der Waals surface area (Å²) in [7, 11) is 1.67. The summed E-state index contributed by atoms with van der Waals surface area (Å²) in [4.78, 5) is 10.5. The van der Waals surface area contributed by atoms with Gasteiger partial charge in [0.05, 0.1) is 11.5 Å². The number of nitro benzene ring substituents is 1. The molecule has 0 atom stereocenters. The fraction of sp³-hybridized carbons (Fsp3) is 0.571. The highest BCUT2D eigenvalue weighted by Crippen LogP contribution is 2.20. The molecule has 0 saturated heterocycles. The van der Waals surface area contributed by atoms with Gasteiger partial charge in [-0.25, -0.2) is 0 Å². The Morgan fingerprint density at radius 2 is 2.10 bits per heavy atom. The molecule has 0 radical (unpaired) electrons. The molecule has 0 spiro atoms. The van der Waals surface area contributed by atoms with Crippen molar-refractivity contribution in [1.29, 1.82) is 0 Å². The van der Waals surface area contributed by atoms with Crippen LogP contribution in [-0.2, 0) is 16.0 Å². The molecule has 0 aliphatic carbocycles. The third-order valence-electron chi connectivity index (χ3n) is 2.99. The molecule has 20 heavy (non-hydrogen) atoms. The molecule has 1 rings (SSSR count). The molecule has 0 aliphatic rings. The Hall–Kier alpha value is -1.50. The lowest BCUT2D eigenvalue weighted by atomic mass is 10.1. The normalized spacial score (nSPS) is 10.7. The molecule has 0 bridgehead atoms. The van der Waals surface area contributed by atoms with E-state index < -0.39 is 0 Å². The van der Waals surface area contributed by atoms with Gasteiger partial charge in [-0.15, -0.1) is 0 Å². The molecule has 0 aromatic heterocycles. The molecule has 6 nitrogen and oxygen atoms in total. The van der Waals surface area contributed by atoms with Gasteiger partial charge in [-0.2, -0.15) is 0 Å². The average Bonchev–Trinajstić information content (AvgIpc) is 2.43. The summed E-state index contributed by atoms with van der Waals surface area (Å²) in [5.74, 6) is 0. The van der Waals surface area contributed by atoms with Gasteiger partial charge in [-0.05, 0) is 18.9 Å². The standard InChI is InChI=1S/C14H22N2O4/c1-12-13(5-3-6-14(12)16(17)18)11-15-7-10-20-9-4-8-19-2/h3,5-6,15H,4,7-11H2,1-2H3. The number of hydrogen-bond acceptors (Lipinski definition) is 5. The lowest BCUT2D eigenvalue weighted by Crippen LogP contribution is -2.20. The van der Waals surface area contributed by atoms with Gasteiger partial charge < -0.3 is 14.8 Å². The van der Waals surface area contributed by atoms with E-state index in [-0.39, 0.29) is 10.6 Å². The maximum Gasteiger partial charge on any atom is 0.272 e. The van der Waals surface area contributed by atoms with Gasteiger partial charge in [-0.1, -0.05) is 12.1 Å². The van der Waals surface area contributed by atoms with Crippen LogP contribution in [0.4, 0.5) is 5.69 Å². The number of hydrogen-bond donors (Lipinski definition) is 1. The predicted octanol–water partition coefficient (Wildman–Crippen LogP) is 2.05. The van der Waals surface area contributed by atoms with Crippen molar-refractivity contribution in [2.24, 2.45) is 0 Å². The highest BCUT2D eigenvalue weighted by atomic mass is 16.6. The quantitative estimate of drug-likeness (QED) is 0.404. The zero-order valence-electron chi connectivity index (χ0n) is 12.1. The average molecular weight is 282 g/mol. The van der Waals surface area contributed by atoms with E-state index >= 15 is 0 Å². The second kappa shape index (κ2) is 9.41. The molecule has 0 aliphatic heterocycles. The monoisotopic (exact) mass is 282 g/mol. The highest BCUT2D eigenvalue weighted by Gasteiger charge is 2.12. The minimum atomic E-state index is -0.349. The molecule has 0 amide bonds. The summed E-state index contributed by atoms with van der Waals surface area (Å²) in [6, 6.07) is 5.13. The minimum absolute atomic E-state index is 0.167. The predicted molar refractivity (Wildman–Crippen MR) is 76.9 cm³/mol. The van der Waals surface area contributed by atoms with Crippen molar-refractivity contribution in [2.45, 2.75) is 19.9 Å². The number of rotatable bonds is 10. The first-order valence-electron chi connectivity index (χ1n) is 6.67. The van der Waals surface area contributed by atoms with Crippen molar-refractivity contribution < 1.29 is 14.4 Å². The number of ether oxygens (including phenoxy) is 2. The third kappa shape index (κ3) is 5.64. The second-order valence-electron chi connectivity index (χ2n) is 4.45. The Labute approximate surface area is 119 Å². The first-order valence-corrected chi connectivity index (χ1v) is 6.67. The number of nitrogens with zero attached hydrogens (tertiary/aromatic N) is 1. The van der Waals surface area contributed by atoms with E-state index in [0.29, 0.717) is 31.9 Å². The van der Waals surface area contributed by atoms with Gasteiger partial charge in [0.15, 0.2) is 0 Å². The maximum absolute atomic E-state index is 10.8. The largest absolute Gasteiger partial charge is 0.385 e. The topological polar surface area (TPSA) is 73.6 Å². The van der Waals surface area contributed by atoms with E-state index in [9.17, 15) is 10.1 Å². The van der Waals surface area contributed by atoms with Crippen LogP contribution in [0.5, 0.6) is 0 Å². The number of methoxy groups -OCH3 is 1. The molecule has 6 heteroatoms. The lowest BCUT2D eigenvalue weighted by Gasteiger charge is -2.08. The van der Waals surface area contributed by atoms with Crippen LogP contribution in [0.3, 0.4) is 0 Å². The highest BCUT2D eigenvalue weighted by molar-refractivity contribution is 5.44. The fourth-order valence-electron chi connectivity index (χ4n) is 1.83. The number of nitro groups is 1. The van der Waals surface area contributed by atoms with Crippen molar-refractivity contribution in [3.05, 3.63) is 39.4 Å². The van der Waals surface area contributed by atoms with E-state index in [1.54, 1.807) is 20.1 Å². The third-order valence-corrected chi connectivity index (χ3v) is 2.99. The Morgan fingerprint density at radius 1 is 1.30 bits per heavy atom. The summed E-state index contributed by atoms with van der Waals surface area (Å²) in [6.07, 6.45) is 0.889. The second-order valence-corrected chi connectivity index (χ2v) is 4.45. The first kappa shape index (κ1) is 16.6. The van der Waals surface area contributed by atoms with Gasteiger partial charge in [-0.3, -0.25) is 10.1 Å². The van der Waals surface area contributed by atoms with Crippen LogP contribution >= 0.6 is 0 Å². The van der Waals surface area contributed by atoms with Crippen LogP contribution in [-0.4, -0.2) is 38.4 Å². The SMILES string of the molecule is COCCCOCCNCc1cccc([N+](=O)[O-])c1C. The molecule has 112 valence electrons. The molecule has 1 aromatic rings. The van der Waals surface area contributed by atoms with Crippen LogP contribution in [0, 0.1) is 17.0 Å². The first-order chi connectivity index (χ1) is 9.66. The summed E-state index contributed by atoms with van der Waals surface area (Å²) >= 11 is 0. The zero-order valence-corrected chi connectivity index (χ0v) is 12.1. The number of nitrogens with one attached hydrogen (secondary N) is 1. The van der Waals surface area contributed by atoms with Crippen molar-refractivity contribution >= 4 is 5.69 Å². The van der Waals surface area contributed by atoms with Crippen LogP contribution < -0.4 is 5.32 Å². The molecular weight excluding hydrogens is 260 g/mol. The molecule has 0 saturated carbocycles. The van der Waals surface area contributed by atoms with E-state index in [1.165, 1.54) is 6.07 Å². The summed E-state index contributed by atoms with van der Waals surface area (Å²) in [5.41, 5.74) is 1.82. The molecular formula is C14H22N2O4. The van der Waals surface area contributed by atoms with Crippen LogP contribution in [0.2, 0.25) is 0 Å². The molecule has 1 N–H and O–H groups in total. The molecule has 0 unspecified atom stereocenters. The number of benzene rings is 1. The fourth-order valence-corrected chi connectivity index (χ4v) is 1.83. The Morgan fingerprint density at radius 3 is 2.80 bits per heavy atom. The van der Waals surface area contributed by atoms with Crippen molar-refractivity contribution in [3.8, 4) is 0 Å². The molecule has 0 heterocycles. The molecule has 1 aromatic carbocycles. The van der Waals surface area contributed by atoms with E-state index in [2.05, 4.69) is 5.32 Å². The Balaban J connectivity index is 2.25. The van der Waals surface area contributed by atoms with Crippen LogP contribution in [0.25, 0.3) is 0 Å². The Bertz CT molecular complexity index is 424. The van der Waals surface area contributed by atoms with Gasteiger partial charge in [0, 0.05) is 45.0 Å². The van der Waals surface area contributed by atoms with E-state index in [0.717, 1.165) is 18.5 Å². The summed E-state index contributed by atoms with van der Waals surface area (Å²) in [6.45, 7) is 5.11. The molecule has 0 fully saturated rings. The van der Waals surface area contributed by atoms with Gasteiger partial charge in [0.1, 0.15) is 0 Å². The lowest BCUT2D eigenvalue weighted by molar-refractivity contribution is -0.385. The van der Waals surface area contributed by atoms with Crippen LogP contribution in [0.15, 0.2) is 18.2 Å². The van der Waals surface area contributed by atoms with Crippen molar-refractivity contribution in [3.63, 3.8) is 0 Å². The van der Waals surface area contributed by atoms with Crippen LogP contribution in [0.1, 0.15) is 17.5 Å². The van der Waals surface area contributed by atoms with Crippen molar-refractivity contribution in [2.75, 3.05) is 33.5 Å². The minimum Gasteiger partial charge on any atom is -0.385 e. The summed E-state index contributed by atoms with van der Waals surface area (Å²) < 4.78 is 10.3. The van der Waals surface area contributed by atoms with E-state index in [1.807, 2.05) is 6.07 Å². The Kier molecular flexibility index (Phi) is 7.79. The smallest absolute Gasteiger partial charge is 0.272 e. The summed E-state index contributed by atoms with van der Waals surface area (Å²) in [5, 5.41) is 14.1. The van der Waals surface area contributed by atoms with Gasteiger partial charge in [0.25, 0.3) is 5.69 Å². The maximum atomic E-state index is 10.8. The zero-order chi connectivity index (χ0) is 14.8. The van der Waals surface area contributed by atoms with Gasteiger partial charge in [0.2, 0.25) is 0 Å². The van der Waals surface area contributed by atoms with Gasteiger partial charge >= 0.3 is 0 Å². The van der Waals surface area contributed by atoms with Crippen molar-refractivity contribution in [1.82, 2.24) is 5.32 Å². The van der Waals surface area contributed by atoms with E-state index in [4.69, 9.17) is 9.47 Å².